The zero-order valence-corrected chi connectivity index (χ0v) is 11.5. The lowest BCUT2D eigenvalue weighted by atomic mass is 10.2. The molecule has 6 heteroatoms. The summed E-state index contributed by atoms with van der Waals surface area (Å²) in [4.78, 5) is 11.6. The second kappa shape index (κ2) is 6.17. The van der Waals surface area contributed by atoms with E-state index in [0.29, 0.717) is 18.0 Å². The van der Waals surface area contributed by atoms with Crippen LogP contribution in [0.5, 0.6) is 11.6 Å². The van der Waals surface area contributed by atoms with Crippen molar-refractivity contribution in [2.45, 2.75) is 6.61 Å². The highest BCUT2D eigenvalue weighted by Gasteiger charge is 2.09. The van der Waals surface area contributed by atoms with Crippen molar-refractivity contribution in [1.29, 1.82) is 0 Å². The van der Waals surface area contributed by atoms with Crippen LogP contribution in [0.2, 0.25) is 0 Å². The predicted molar refractivity (Wildman–Crippen MR) is 77.7 cm³/mol. The average molecular weight is 297 g/mol. The van der Waals surface area contributed by atoms with Crippen molar-refractivity contribution in [2.24, 2.45) is 0 Å². The standard InChI is InChI=1S/C16H12FN3O2/c17-13-8-18-15(19-9-13)12-6-14(16(21)20-7-12)22-10-11-4-2-1-3-5-11/h1-9H,10H2,(H,20,21). The van der Waals surface area contributed by atoms with Crippen molar-refractivity contribution in [3.8, 4) is 23.0 Å². The van der Waals surface area contributed by atoms with Gasteiger partial charge in [0.25, 0.3) is 5.88 Å². The third kappa shape index (κ3) is 3.17. The number of aromatic nitrogens is 3. The van der Waals surface area contributed by atoms with Crippen LogP contribution in [-0.4, -0.2) is 20.1 Å². The second-order valence-electron chi connectivity index (χ2n) is 4.54. The SMILES string of the molecule is Oc1ncc(-c2ncc(F)cn2)cc1OCc1ccccc1. The number of ether oxygens (including phenoxy) is 1. The lowest BCUT2D eigenvalue weighted by Crippen LogP contribution is -1.97. The molecule has 3 aromatic rings. The molecule has 0 atom stereocenters. The van der Waals surface area contributed by atoms with Crippen molar-refractivity contribution in [1.82, 2.24) is 15.0 Å². The van der Waals surface area contributed by atoms with Crippen LogP contribution in [0.1, 0.15) is 5.56 Å². The topological polar surface area (TPSA) is 68.1 Å². The second-order valence-corrected chi connectivity index (χ2v) is 4.54. The molecule has 110 valence electrons. The van der Waals surface area contributed by atoms with Crippen molar-refractivity contribution >= 4 is 0 Å². The molecular formula is C16H12FN3O2. The Hall–Kier alpha value is -3.02. The lowest BCUT2D eigenvalue weighted by Gasteiger charge is -2.09. The molecular weight excluding hydrogens is 285 g/mol. The first-order chi connectivity index (χ1) is 10.7. The molecule has 1 aromatic carbocycles. The van der Waals surface area contributed by atoms with Gasteiger partial charge >= 0.3 is 0 Å². The van der Waals surface area contributed by atoms with Gasteiger partial charge in [0.05, 0.1) is 12.4 Å². The first-order valence-corrected chi connectivity index (χ1v) is 6.56. The molecule has 0 aliphatic carbocycles. The van der Waals surface area contributed by atoms with Crippen LogP contribution in [0.4, 0.5) is 4.39 Å². The summed E-state index contributed by atoms with van der Waals surface area (Å²) in [7, 11) is 0. The van der Waals surface area contributed by atoms with E-state index in [1.807, 2.05) is 30.3 Å². The fraction of sp³-hybridized carbons (Fsp3) is 0.0625. The maximum atomic E-state index is 12.8. The number of aromatic hydroxyl groups is 1. The molecule has 0 saturated carbocycles. The smallest absolute Gasteiger partial charge is 0.254 e. The minimum Gasteiger partial charge on any atom is -0.491 e. The first-order valence-electron chi connectivity index (χ1n) is 6.56. The maximum absolute atomic E-state index is 12.8. The summed E-state index contributed by atoms with van der Waals surface area (Å²) in [6, 6.07) is 11.1. The van der Waals surface area contributed by atoms with Crippen molar-refractivity contribution in [2.75, 3.05) is 0 Å². The summed E-state index contributed by atoms with van der Waals surface area (Å²) in [5, 5.41) is 9.77. The number of halogens is 1. The van der Waals surface area contributed by atoms with E-state index in [1.165, 1.54) is 6.20 Å². The highest BCUT2D eigenvalue weighted by molar-refractivity contribution is 5.57. The average Bonchev–Trinajstić information content (AvgIpc) is 2.56. The summed E-state index contributed by atoms with van der Waals surface area (Å²) >= 11 is 0. The van der Waals surface area contributed by atoms with Gasteiger partial charge in [-0.05, 0) is 11.6 Å². The van der Waals surface area contributed by atoms with Crippen LogP contribution in [-0.2, 0) is 6.61 Å². The molecule has 0 saturated heterocycles. The van der Waals surface area contributed by atoms with Gasteiger partial charge < -0.3 is 9.84 Å². The van der Waals surface area contributed by atoms with Gasteiger partial charge in [-0.3, -0.25) is 0 Å². The van der Waals surface area contributed by atoms with Crippen LogP contribution in [0.15, 0.2) is 55.0 Å². The Kier molecular flexibility index (Phi) is 3.91. The molecule has 0 fully saturated rings. The summed E-state index contributed by atoms with van der Waals surface area (Å²) in [6.45, 7) is 0.295. The Morgan fingerprint density at radius 3 is 2.45 bits per heavy atom. The van der Waals surface area contributed by atoms with E-state index < -0.39 is 5.82 Å². The van der Waals surface area contributed by atoms with Gasteiger partial charge in [0.2, 0.25) is 0 Å². The van der Waals surface area contributed by atoms with Crippen LogP contribution < -0.4 is 4.74 Å². The van der Waals surface area contributed by atoms with E-state index >= 15 is 0 Å². The van der Waals surface area contributed by atoms with E-state index in [4.69, 9.17) is 4.74 Å². The summed E-state index contributed by atoms with van der Waals surface area (Å²) < 4.78 is 18.4. The summed E-state index contributed by atoms with van der Waals surface area (Å²) in [5.74, 6) is -0.217. The zero-order valence-electron chi connectivity index (χ0n) is 11.5. The van der Waals surface area contributed by atoms with Gasteiger partial charge in [-0.1, -0.05) is 30.3 Å². The minimum atomic E-state index is -0.518. The summed E-state index contributed by atoms with van der Waals surface area (Å²) in [6.07, 6.45) is 3.54. The number of rotatable bonds is 4. The molecule has 3 rings (SSSR count). The quantitative estimate of drug-likeness (QED) is 0.802. The molecule has 0 amide bonds. The maximum Gasteiger partial charge on any atom is 0.254 e. The van der Waals surface area contributed by atoms with Crippen LogP contribution in [0.3, 0.4) is 0 Å². The van der Waals surface area contributed by atoms with Gasteiger partial charge in [0, 0.05) is 11.8 Å². The van der Waals surface area contributed by atoms with Crippen molar-refractivity contribution in [3.63, 3.8) is 0 Å². The summed E-state index contributed by atoms with van der Waals surface area (Å²) in [5.41, 5.74) is 1.49. The fourth-order valence-electron chi connectivity index (χ4n) is 1.86. The Bertz CT molecular complexity index is 764. The molecule has 22 heavy (non-hydrogen) atoms. The fourth-order valence-corrected chi connectivity index (χ4v) is 1.86. The van der Waals surface area contributed by atoms with Crippen molar-refractivity contribution in [3.05, 3.63) is 66.4 Å². The molecule has 2 heterocycles. The number of nitrogens with zero attached hydrogens (tertiary/aromatic N) is 3. The van der Waals surface area contributed by atoms with E-state index in [2.05, 4.69) is 15.0 Å². The monoisotopic (exact) mass is 297 g/mol. The highest BCUT2D eigenvalue weighted by Crippen LogP contribution is 2.28. The van der Waals surface area contributed by atoms with Gasteiger partial charge in [-0.2, -0.15) is 0 Å². The predicted octanol–water partition coefficient (Wildman–Crippen LogP) is 2.96. The number of pyridine rings is 1. The van der Waals surface area contributed by atoms with E-state index in [-0.39, 0.29) is 11.6 Å². The number of benzene rings is 1. The van der Waals surface area contributed by atoms with Crippen LogP contribution in [0, 0.1) is 5.82 Å². The molecule has 0 aliphatic heterocycles. The molecule has 0 aliphatic rings. The Labute approximate surface area is 126 Å². The number of hydrogen-bond acceptors (Lipinski definition) is 5. The first kappa shape index (κ1) is 13.9. The molecule has 2 aromatic heterocycles. The Morgan fingerprint density at radius 1 is 1.00 bits per heavy atom. The highest BCUT2D eigenvalue weighted by atomic mass is 19.1. The van der Waals surface area contributed by atoms with E-state index in [1.54, 1.807) is 6.07 Å². The van der Waals surface area contributed by atoms with Gasteiger partial charge in [-0.25, -0.2) is 19.3 Å². The lowest BCUT2D eigenvalue weighted by molar-refractivity contribution is 0.285. The van der Waals surface area contributed by atoms with E-state index in [9.17, 15) is 9.50 Å². The zero-order chi connectivity index (χ0) is 15.4. The van der Waals surface area contributed by atoms with Crippen molar-refractivity contribution < 1.29 is 14.2 Å². The van der Waals surface area contributed by atoms with Crippen LogP contribution >= 0.6 is 0 Å². The molecule has 0 spiro atoms. The van der Waals surface area contributed by atoms with E-state index in [0.717, 1.165) is 18.0 Å². The third-order valence-corrected chi connectivity index (χ3v) is 2.95. The molecule has 0 bridgehead atoms. The van der Waals surface area contributed by atoms with Crippen LogP contribution in [0.25, 0.3) is 11.4 Å². The largest absolute Gasteiger partial charge is 0.491 e. The van der Waals surface area contributed by atoms with Gasteiger partial charge in [-0.15, -0.1) is 0 Å². The molecule has 1 N–H and O–H groups in total. The Morgan fingerprint density at radius 2 is 1.73 bits per heavy atom. The normalized spacial score (nSPS) is 10.4. The molecule has 0 unspecified atom stereocenters. The third-order valence-electron chi connectivity index (χ3n) is 2.95. The number of hydrogen-bond donors (Lipinski definition) is 1. The minimum absolute atomic E-state index is 0.217. The Balaban J connectivity index is 1.82. The molecule has 5 nitrogen and oxygen atoms in total. The van der Waals surface area contributed by atoms with Gasteiger partial charge in [0.15, 0.2) is 17.4 Å². The van der Waals surface area contributed by atoms with Gasteiger partial charge in [0.1, 0.15) is 6.61 Å². The molecule has 0 radical (unpaired) electrons.